The van der Waals surface area contributed by atoms with Crippen molar-refractivity contribution in [3.8, 4) is 0 Å². The van der Waals surface area contributed by atoms with Gasteiger partial charge in [-0.05, 0) is 37.2 Å². The van der Waals surface area contributed by atoms with Crippen LogP contribution in [0.1, 0.15) is 32.0 Å². The number of pyridine rings is 1. The molecule has 6 nitrogen and oxygen atoms in total. The van der Waals surface area contributed by atoms with Crippen LogP contribution in [0.4, 0.5) is 0 Å². The number of hydrogen-bond acceptors (Lipinski definition) is 4. The van der Waals surface area contributed by atoms with Crippen molar-refractivity contribution in [2.24, 2.45) is 0 Å². The van der Waals surface area contributed by atoms with E-state index in [-0.39, 0.29) is 11.8 Å². The molecule has 1 aromatic carbocycles. The van der Waals surface area contributed by atoms with E-state index in [1.807, 2.05) is 38.2 Å². The topological polar surface area (TPSA) is 65.5 Å². The normalized spacial score (nSPS) is 14.9. The number of benzene rings is 1. The summed E-state index contributed by atoms with van der Waals surface area (Å²) in [7, 11) is 2.04. The van der Waals surface area contributed by atoms with E-state index < -0.39 is 0 Å². The molecule has 2 aromatic rings. The van der Waals surface area contributed by atoms with Gasteiger partial charge in [0.05, 0.1) is 0 Å². The lowest BCUT2D eigenvalue weighted by atomic mass is 10.1. The third-order valence-corrected chi connectivity index (χ3v) is 4.73. The molecule has 3 rings (SSSR count). The minimum absolute atomic E-state index is 0.119. The van der Waals surface area contributed by atoms with E-state index in [9.17, 15) is 9.59 Å². The van der Waals surface area contributed by atoms with E-state index in [2.05, 4.69) is 15.2 Å². The number of aryl methyl sites for hydroxylation is 1. The molecule has 0 atom stereocenters. The Labute approximate surface area is 153 Å². The first-order valence-corrected chi connectivity index (χ1v) is 8.81. The average molecular weight is 352 g/mol. The van der Waals surface area contributed by atoms with E-state index >= 15 is 0 Å². The largest absolute Gasteiger partial charge is 0.348 e. The van der Waals surface area contributed by atoms with Crippen LogP contribution in [0.5, 0.6) is 0 Å². The van der Waals surface area contributed by atoms with Crippen molar-refractivity contribution >= 4 is 11.8 Å². The zero-order chi connectivity index (χ0) is 18.5. The fourth-order valence-corrected chi connectivity index (χ4v) is 2.95. The molecule has 0 spiro atoms. The maximum absolute atomic E-state index is 12.6. The highest BCUT2D eigenvalue weighted by Gasteiger charge is 2.22. The van der Waals surface area contributed by atoms with E-state index in [1.165, 1.54) is 6.20 Å². The van der Waals surface area contributed by atoms with Gasteiger partial charge in [-0.1, -0.05) is 24.3 Å². The van der Waals surface area contributed by atoms with E-state index in [0.29, 0.717) is 30.9 Å². The van der Waals surface area contributed by atoms with E-state index in [0.717, 1.165) is 24.2 Å². The summed E-state index contributed by atoms with van der Waals surface area (Å²) in [6.07, 6.45) is 1.52. The Hall–Kier alpha value is -2.73. The lowest BCUT2D eigenvalue weighted by molar-refractivity contribution is 0.0658. The summed E-state index contributed by atoms with van der Waals surface area (Å²) in [6.45, 7) is 5.53. The molecule has 1 saturated heterocycles. The van der Waals surface area contributed by atoms with Crippen LogP contribution in [0.2, 0.25) is 0 Å². The lowest BCUT2D eigenvalue weighted by Crippen LogP contribution is -2.47. The zero-order valence-electron chi connectivity index (χ0n) is 15.2. The molecule has 6 heteroatoms. The van der Waals surface area contributed by atoms with Gasteiger partial charge in [-0.25, -0.2) is 0 Å². The molecule has 1 aliphatic heterocycles. The third-order valence-electron chi connectivity index (χ3n) is 4.73. The Bertz CT molecular complexity index is 798. The summed E-state index contributed by atoms with van der Waals surface area (Å²) in [5, 5.41) is 2.91. The zero-order valence-corrected chi connectivity index (χ0v) is 15.2. The Morgan fingerprint density at radius 3 is 2.58 bits per heavy atom. The maximum Gasteiger partial charge on any atom is 0.272 e. The van der Waals surface area contributed by atoms with Gasteiger partial charge in [0.15, 0.2) is 0 Å². The van der Waals surface area contributed by atoms with Gasteiger partial charge in [-0.15, -0.1) is 0 Å². The van der Waals surface area contributed by atoms with Gasteiger partial charge in [0.1, 0.15) is 5.69 Å². The summed E-state index contributed by atoms with van der Waals surface area (Å²) < 4.78 is 0. The minimum atomic E-state index is -0.205. The number of likely N-dealkylation sites (N-methyl/N-ethyl adjacent to an activating group) is 1. The van der Waals surface area contributed by atoms with Crippen molar-refractivity contribution in [3.63, 3.8) is 0 Å². The number of hydrogen-bond donors (Lipinski definition) is 1. The molecule has 0 bridgehead atoms. The smallest absolute Gasteiger partial charge is 0.272 e. The van der Waals surface area contributed by atoms with Crippen molar-refractivity contribution < 1.29 is 9.59 Å². The van der Waals surface area contributed by atoms with Gasteiger partial charge in [-0.2, -0.15) is 0 Å². The van der Waals surface area contributed by atoms with Crippen molar-refractivity contribution in [1.29, 1.82) is 0 Å². The number of nitrogens with one attached hydrogen (secondary N) is 1. The predicted molar refractivity (Wildman–Crippen MR) is 100.0 cm³/mol. The Balaban J connectivity index is 1.65. The van der Waals surface area contributed by atoms with E-state index in [1.54, 1.807) is 17.0 Å². The predicted octanol–water partition coefficient (Wildman–Crippen LogP) is 1.71. The molecule has 1 fully saturated rings. The molecule has 26 heavy (non-hydrogen) atoms. The fourth-order valence-electron chi connectivity index (χ4n) is 2.95. The van der Waals surface area contributed by atoms with Gasteiger partial charge in [0.2, 0.25) is 0 Å². The standard InChI is InChI=1S/C20H24N4O2/c1-15-5-3-4-6-17(15)14-22-19(25)16-7-8-21-18(13-16)20(26)24-11-9-23(2)10-12-24/h3-8,13H,9-12,14H2,1-2H3,(H,22,25). The van der Waals surface area contributed by atoms with Crippen LogP contribution in [-0.2, 0) is 6.54 Å². The molecular formula is C20H24N4O2. The van der Waals surface area contributed by atoms with Gasteiger partial charge >= 0.3 is 0 Å². The molecular weight excluding hydrogens is 328 g/mol. The molecule has 2 amide bonds. The Morgan fingerprint density at radius 1 is 1.12 bits per heavy atom. The van der Waals surface area contributed by atoms with Gasteiger partial charge in [0.25, 0.3) is 11.8 Å². The van der Waals surface area contributed by atoms with Crippen LogP contribution >= 0.6 is 0 Å². The highest BCUT2D eigenvalue weighted by Crippen LogP contribution is 2.10. The van der Waals surface area contributed by atoms with Crippen molar-refractivity contribution in [2.75, 3.05) is 33.2 Å². The second-order valence-corrected chi connectivity index (χ2v) is 6.63. The quantitative estimate of drug-likeness (QED) is 0.910. The molecule has 1 N–H and O–H groups in total. The number of aromatic nitrogens is 1. The third kappa shape index (κ3) is 4.26. The lowest BCUT2D eigenvalue weighted by Gasteiger charge is -2.32. The van der Waals surface area contributed by atoms with Crippen molar-refractivity contribution in [3.05, 3.63) is 65.0 Å². The molecule has 0 unspecified atom stereocenters. The van der Waals surface area contributed by atoms with Crippen LogP contribution in [0, 0.1) is 6.92 Å². The summed E-state index contributed by atoms with van der Waals surface area (Å²) in [6, 6.07) is 11.1. The summed E-state index contributed by atoms with van der Waals surface area (Å²) in [5.41, 5.74) is 2.97. The second kappa shape index (κ2) is 8.10. The van der Waals surface area contributed by atoms with Crippen LogP contribution < -0.4 is 5.32 Å². The first-order valence-electron chi connectivity index (χ1n) is 8.81. The molecule has 0 aliphatic carbocycles. The second-order valence-electron chi connectivity index (χ2n) is 6.63. The minimum Gasteiger partial charge on any atom is -0.348 e. The maximum atomic E-state index is 12.6. The Kier molecular flexibility index (Phi) is 5.63. The number of amides is 2. The molecule has 0 radical (unpaired) electrons. The van der Waals surface area contributed by atoms with Crippen LogP contribution in [-0.4, -0.2) is 59.8 Å². The number of nitrogens with zero attached hydrogens (tertiary/aromatic N) is 3. The van der Waals surface area contributed by atoms with Gasteiger partial charge < -0.3 is 15.1 Å². The van der Waals surface area contributed by atoms with Crippen LogP contribution in [0.25, 0.3) is 0 Å². The number of carbonyl (C=O) groups excluding carboxylic acids is 2. The first kappa shape index (κ1) is 18.1. The fraction of sp³-hybridized carbons (Fsp3) is 0.350. The summed E-state index contributed by atoms with van der Waals surface area (Å²) >= 11 is 0. The number of piperazine rings is 1. The molecule has 2 heterocycles. The average Bonchev–Trinajstić information content (AvgIpc) is 2.67. The highest BCUT2D eigenvalue weighted by atomic mass is 16.2. The summed E-state index contributed by atoms with van der Waals surface area (Å²) in [5.74, 6) is -0.324. The highest BCUT2D eigenvalue weighted by molar-refractivity contribution is 5.98. The number of carbonyl (C=O) groups is 2. The van der Waals surface area contributed by atoms with Crippen molar-refractivity contribution in [1.82, 2.24) is 20.1 Å². The molecule has 136 valence electrons. The van der Waals surface area contributed by atoms with E-state index in [4.69, 9.17) is 0 Å². The summed E-state index contributed by atoms with van der Waals surface area (Å²) in [4.78, 5) is 33.2. The van der Waals surface area contributed by atoms with Gasteiger partial charge in [0, 0.05) is 44.5 Å². The molecule has 1 aromatic heterocycles. The first-order chi connectivity index (χ1) is 12.5. The van der Waals surface area contributed by atoms with Crippen molar-refractivity contribution in [2.45, 2.75) is 13.5 Å². The SMILES string of the molecule is Cc1ccccc1CNC(=O)c1ccnc(C(=O)N2CCN(C)CC2)c1. The molecule has 0 saturated carbocycles. The Morgan fingerprint density at radius 2 is 1.85 bits per heavy atom. The van der Waals surface area contributed by atoms with Crippen LogP contribution in [0.3, 0.4) is 0 Å². The van der Waals surface area contributed by atoms with Gasteiger partial charge in [-0.3, -0.25) is 14.6 Å². The van der Waals surface area contributed by atoms with Crippen LogP contribution in [0.15, 0.2) is 42.6 Å². The number of rotatable bonds is 4. The monoisotopic (exact) mass is 352 g/mol. The molecule has 1 aliphatic rings.